The Morgan fingerprint density at radius 1 is 1.29 bits per heavy atom. The van der Waals surface area contributed by atoms with Crippen LogP contribution in [-0.2, 0) is 6.42 Å². The van der Waals surface area contributed by atoms with Gasteiger partial charge >= 0.3 is 0 Å². The minimum atomic E-state index is -0.249. The third kappa shape index (κ3) is 4.07. The zero-order chi connectivity index (χ0) is 10.4. The molecule has 1 rings (SSSR count). The monoisotopic (exact) mass is 215 g/mol. The molecule has 78 valence electrons. The van der Waals surface area contributed by atoms with E-state index < -0.39 is 0 Å². The molecule has 1 aromatic carbocycles. The van der Waals surface area contributed by atoms with Crippen molar-refractivity contribution in [1.82, 2.24) is 5.32 Å². The van der Waals surface area contributed by atoms with E-state index in [1.165, 1.54) is 6.07 Å². The molecule has 3 heteroatoms. The molecule has 0 saturated carbocycles. The second-order valence-electron chi connectivity index (χ2n) is 3.34. The normalized spacial score (nSPS) is 10.5. The fourth-order valence-corrected chi connectivity index (χ4v) is 1.63. The summed E-state index contributed by atoms with van der Waals surface area (Å²) in [6, 6.07) is 4.70. The first-order chi connectivity index (χ1) is 6.72. The topological polar surface area (TPSA) is 12.0 Å². The molecule has 0 fully saturated rings. The van der Waals surface area contributed by atoms with Crippen LogP contribution in [0, 0.1) is 5.82 Å². The van der Waals surface area contributed by atoms with Gasteiger partial charge in [-0.1, -0.05) is 11.6 Å². The fourth-order valence-electron chi connectivity index (χ4n) is 1.39. The molecule has 1 nitrogen and oxygen atoms in total. The Morgan fingerprint density at radius 3 is 2.71 bits per heavy atom. The van der Waals surface area contributed by atoms with Crippen LogP contribution in [0.4, 0.5) is 4.39 Å². The van der Waals surface area contributed by atoms with Gasteiger partial charge in [0.25, 0.3) is 0 Å². The molecule has 14 heavy (non-hydrogen) atoms. The van der Waals surface area contributed by atoms with Crippen molar-refractivity contribution < 1.29 is 4.39 Å². The van der Waals surface area contributed by atoms with Crippen LogP contribution in [0.5, 0.6) is 0 Å². The number of aryl methyl sites for hydroxylation is 1. The van der Waals surface area contributed by atoms with Crippen molar-refractivity contribution >= 4 is 11.6 Å². The lowest BCUT2D eigenvalue weighted by molar-refractivity contribution is 0.622. The van der Waals surface area contributed by atoms with E-state index in [0.717, 1.165) is 31.4 Å². The van der Waals surface area contributed by atoms with Gasteiger partial charge in [-0.05, 0) is 56.6 Å². The summed E-state index contributed by atoms with van der Waals surface area (Å²) in [5, 5.41) is 3.56. The van der Waals surface area contributed by atoms with Gasteiger partial charge in [-0.2, -0.15) is 0 Å². The predicted octanol–water partition coefficient (Wildman–Crippen LogP) is 3.02. The summed E-state index contributed by atoms with van der Waals surface area (Å²) in [5.74, 6) is -0.249. The average molecular weight is 216 g/mol. The van der Waals surface area contributed by atoms with Crippen LogP contribution >= 0.6 is 11.6 Å². The number of benzene rings is 1. The molecule has 0 saturated heterocycles. The van der Waals surface area contributed by atoms with E-state index in [-0.39, 0.29) is 5.82 Å². The van der Waals surface area contributed by atoms with E-state index in [0.29, 0.717) is 5.02 Å². The Bertz CT molecular complexity index is 268. The van der Waals surface area contributed by atoms with Crippen LogP contribution in [0.3, 0.4) is 0 Å². The van der Waals surface area contributed by atoms with Crippen LogP contribution in [0.15, 0.2) is 18.2 Å². The molecule has 0 atom stereocenters. The number of nitrogens with one attached hydrogen (secondary N) is 1. The number of halogens is 2. The number of rotatable bonds is 5. The van der Waals surface area contributed by atoms with Gasteiger partial charge in [0, 0.05) is 5.02 Å². The smallest absolute Gasteiger partial charge is 0.124 e. The summed E-state index contributed by atoms with van der Waals surface area (Å²) >= 11 is 5.74. The molecule has 0 heterocycles. The third-order valence-electron chi connectivity index (χ3n) is 2.06. The van der Waals surface area contributed by atoms with Gasteiger partial charge in [0.15, 0.2) is 0 Å². The predicted molar refractivity (Wildman–Crippen MR) is 58.3 cm³/mol. The van der Waals surface area contributed by atoms with E-state index in [2.05, 4.69) is 5.32 Å². The molecule has 0 spiro atoms. The van der Waals surface area contributed by atoms with Crippen molar-refractivity contribution in [2.75, 3.05) is 13.6 Å². The summed E-state index contributed by atoms with van der Waals surface area (Å²) in [4.78, 5) is 0. The molecule has 0 amide bonds. The van der Waals surface area contributed by atoms with Crippen molar-refractivity contribution in [3.8, 4) is 0 Å². The largest absolute Gasteiger partial charge is 0.320 e. The Kier molecular flexibility index (Phi) is 4.91. The zero-order valence-corrected chi connectivity index (χ0v) is 9.07. The zero-order valence-electron chi connectivity index (χ0n) is 8.32. The molecule has 0 unspecified atom stereocenters. The molecular weight excluding hydrogens is 201 g/mol. The van der Waals surface area contributed by atoms with Gasteiger partial charge in [-0.15, -0.1) is 0 Å². The van der Waals surface area contributed by atoms with Crippen LogP contribution < -0.4 is 5.32 Å². The highest BCUT2D eigenvalue weighted by Crippen LogP contribution is 2.15. The van der Waals surface area contributed by atoms with Gasteiger partial charge in [0.1, 0.15) is 5.82 Å². The molecule has 0 bridgehead atoms. The highest BCUT2D eigenvalue weighted by Gasteiger charge is 1.98. The standard InChI is InChI=1S/C11H15ClFN/c1-14-5-3-2-4-9-6-10(12)8-11(13)7-9/h6-8,14H,2-5H2,1H3. The highest BCUT2D eigenvalue weighted by molar-refractivity contribution is 6.30. The molecule has 0 aromatic heterocycles. The van der Waals surface area contributed by atoms with Crippen molar-refractivity contribution in [3.05, 3.63) is 34.6 Å². The molecule has 1 N–H and O–H groups in total. The lowest BCUT2D eigenvalue weighted by Gasteiger charge is -2.02. The maximum atomic E-state index is 12.9. The lowest BCUT2D eigenvalue weighted by atomic mass is 10.1. The SMILES string of the molecule is CNCCCCc1cc(F)cc(Cl)c1. The summed E-state index contributed by atoms with van der Waals surface area (Å²) in [6.07, 6.45) is 3.05. The highest BCUT2D eigenvalue weighted by atomic mass is 35.5. The second-order valence-corrected chi connectivity index (χ2v) is 3.77. The lowest BCUT2D eigenvalue weighted by Crippen LogP contribution is -2.07. The van der Waals surface area contributed by atoms with Crippen molar-refractivity contribution in [2.45, 2.75) is 19.3 Å². The Balaban J connectivity index is 2.42. The van der Waals surface area contributed by atoms with E-state index in [1.807, 2.05) is 13.1 Å². The minimum Gasteiger partial charge on any atom is -0.320 e. The molecule has 0 aliphatic heterocycles. The van der Waals surface area contributed by atoms with Crippen molar-refractivity contribution in [2.24, 2.45) is 0 Å². The summed E-state index contributed by atoms with van der Waals surface area (Å²) < 4.78 is 12.9. The molecule has 0 radical (unpaired) electrons. The van der Waals surface area contributed by atoms with Crippen LogP contribution in [0.1, 0.15) is 18.4 Å². The van der Waals surface area contributed by atoms with Crippen molar-refractivity contribution in [1.29, 1.82) is 0 Å². The Labute approximate surface area is 89.3 Å². The number of unbranched alkanes of at least 4 members (excludes halogenated alkanes) is 1. The van der Waals surface area contributed by atoms with E-state index in [9.17, 15) is 4.39 Å². The van der Waals surface area contributed by atoms with Crippen molar-refractivity contribution in [3.63, 3.8) is 0 Å². The quantitative estimate of drug-likeness (QED) is 0.745. The van der Waals surface area contributed by atoms with Gasteiger partial charge in [-0.25, -0.2) is 4.39 Å². The molecule has 1 aromatic rings. The second kappa shape index (κ2) is 5.99. The first-order valence-corrected chi connectivity index (χ1v) is 5.20. The van der Waals surface area contributed by atoms with Gasteiger partial charge < -0.3 is 5.32 Å². The summed E-state index contributed by atoms with van der Waals surface area (Å²) in [6.45, 7) is 1.00. The van der Waals surface area contributed by atoms with Crippen LogP contribution in [-0.4, -0.2) is 13.6 Å². The molecular formula is C11H15ClFN. The first-order valence-electron chi connectivity index (χ1n) is 4.82. The number of hydrogen-bond donors (Lipinski definition) is 1. The van der Waals surface area contributed by atoms with Gasteiger partial charge in [0.05, 0.1) is 0 Å². The first kappa shape index (κ1) is 11.5. The minimum absolute atomic E-state index is 0.249. The fraction of sp³-hybridized carbons (Fsp3) is 0.455. The van der Waals surface area contributed by atoms with Gasteiger partial charge in [0.2, 0.25) is 0 Å². The van der Waals surface area contributed by atoms with Crippen LogP contribution in [0.2, 0.25) is 5.02 Å². The maximum Gasteiger partial charge on any atom is 0.124 e. The third-order valence-corrected chi connectivity index (χ3v) is 2.28. The molecule has 0 aliphatic rings. The number of hydrogen-bond acceptors (Lipinski definition) is 1. The summed E-state index contributed by atoms with van der Waals surface area (Å²) in [5.41, 5.74) is 0.978. The average Bonchev–Trinajstić information content (AvgIpc) is 2.11. The summed E-state index contributed by atoms with van der Waals surface area (Å²) in [7, 11) is 1.93. The van der Waals surface area contributed by atoms with E-state index in [1.54, 1.807) is 6.07 Å². The van der Waals surface area contributed by atoms with Gasteiger partial charge in [-0.3, -0.25) is 0 Å². The maximum absolute atomic E-state index is 12.9. The van der Waals surface area contributed by atoms with E-state index in [4.69, 9.17) is 11.6 Å². The Morgan fingerprint density at radius 2 is 2.07 bits per heavy atom. The Hall–Kier alpha value is -0.600. The molecule has 0 aliphatic carbocycles. The van der Waals surface area contributed by atoms with E-state index >= 15 is 0 Å². The van der Waals surface area contributed by atoms with Crippen LogP contribution in [0.25, 0.3) is 0 Å².